The Labute approximate surface area is 112 Å². The van der Waals surface area contributed by atoms with Crippen LogP contribution in [0.2, 0.25) is 0 Å². The molecule has 108 valence electrons. The Morgan fingerprint density at radius 3 is 1.94 bits per heavy atom. The number of hydrogen-bond donors (Lipinski definition) is 2. The van der Waals surface area contributed by atoms with Gasteiger partial charge >= 0.3 is 0 Å². The summed E-state index contributed by atoms with van der Waals surface area (Å²) in [6.45, 7) is 12.4. The largest absolute Gasteiger partial charge is 0.368 e. The molecule has 0 aromatic rings. The van der Waals surface area contributed by atoms with Gasteiger partial charge in [-0.05, 0) is 25.9 Å². The maximum absolute atomic E-state index is 11.8. The minimum absolute atomic E-state index is 0.203. The van der Waals surface area contributed by atoms with Crippen molar-refractivity contribution in [1.82, 2.24) is 10.2 Å². The first-order valence-corrected chi connectivity index (χ1v) is 7.33. The third-order valence-electron chi connectivity index (χ3n) is 3.61. The van der Waals surface area contributed by atoms with Crippen LogP contribution in [0.25, 0.3) is 0 Å². The summed E-state index contributed by atoms with van der Waals surface area (Å²) in [7, 11) is 0. The third-order valence-corrected chi connectivity index (χ3v) is 3.61. The van der Waals surface area contributed by atoms with E-state index in [4.69, 9.17) is 5.73 Å². The van der Waals surface area contributed by atoms with Gasteiger partial charge in [0.25, 0.3) is 0 Å². The number of carbonyl (C=O) groups excluding carboxylic acids is 1. The summed E-state index contributed by atoms with van der Waals surface area (Å²) in [6.07, 6.45) is 3.60. The monoisotopic (exact) mass is 257 g/mol. The third kappa shape index (κ3) is 5.36. The van der Waals surface area contributed by atoms with Gasteiger partial charge in [0.15, 0.2) is 0 Å². The molecule has 0 aromatic carbocycles. The first kappa shape index (κ1) is 17.4. The lowest BCUT2D eigenvalue weighted by Gasteiger charge is -2.32. The minimum atomic E-state index is -0.503. The van der Waals surface area contributed by atoms with Crippen LogP contribution >= 0.6 is 0 Å². The average molecular weight is 257 g/mol. The number of likely N-dealkylation sites (N-methyl/N-ethyl adjacent to an activating group) is 1. The Bertz CT molecular complexity index is 221. The van der Waals surface area contributed by atoms with Crippen molar-refractivity contribution in [2.24, 2.45) is 5.73 Å². The molecule has 0 bridgehead atoms. The van der Waals surface area contributed by atoms with Gasteiger partial charge in [0.1, 0.15) is 0 Å². The second kappa shape index (κ2) is 9.34. The standard InChI is InChI=1S/C14H31N3O/c1-5-9-14(10-6-2,13(15)18)16-11-12-17(7-3)8-4/h16H,5-12H2,1-4H3,(H2,15,18). The van der Waals surface area contributed by atoms with E-state index in [0.29, 0.717) is 0 Å². The van der Waals surface area contributed by atoms with Crippen LogP contribution in [0.4, 0.5) is 0 Å². The van der Waals surface area contributed by atoms with E-state index in [1.807, 2.05) is 0 Å². The molecule has 0 aliphatic heterocycles. The number of primary amides is 1. The van der Waals surface area contributed by atoms with Gasteiger partial charge in [-0.3, -0.25) is 4.79 Å². The molecule has 18 heavy (non-hydrogen) atoms. The number of nitrogens with zero attached hydrogens (tertiary/aromatic N) is 1. The van der Waals surface area contributed by atoms with Crippen molar-refractivity contribution in [1.29, 1.82) is 0 Å². The summed E-state index contributed by atoms with van der Waals surface area (Å²) in [5.41, 5.74) is 5.11. The molecule has 0 unspecified atom stereocenters. The molecular formula is C14H31N3O. The van der Waals surface area contributed by atoms with Crippen molar-refractivity contribution in [3.63, 3.8) is 0 Å². The van der Waals surface area contributed by atoms with E-state index in [9.17, 15) is 4.79 Å². The highest BCUT2D eigenvalue weighted by Crippen LogP contribution is 2.19. The second-order valence-electron chi connectivity index (χ2n) is 4.90. The van der Waals surface area contributed by atoms with Crippen LogP contribution in [0, 0.1) is 0 Å². The van der Waals surface area contributed by atoms with Crippen LogP contribution in [0.1, 0.15) is 53.4 Å². The molecule has 0 fully saturated rings. The maximum Gasteiger partial charge on any atom is 0.237 e. The van der Waals surface area contributed by atoms with Crippen LogP contribution in [0.5, 0.6) is 0 Å². The fourth-order valence-corrected chi connectivity index (χ4v) is 2.48. The van der Waals surface area contributed by atoms with Crippen molar-refractivity contribution >= 4 is 5.91 Å². The van der Waals surface area contributed by atoms with Crippen molar-refractivity contribution < 1.29 is 4.79 Å². The normalized spacial score (nSPS) is 12.1. The Morgan fingerprint density at radius 1 is 1.11 bits per heavy atom. The fraction of sp³-hybridized carbons (Fsp3) is 0.929. The summed E-state index contributed by atoms with van der Waals surface area (Å²) < 4.78 is 0. The quantitative estimate of drug-likeness (QED) is 0.593. The van der Waals surface area contributed by atoms with Gasteiger partial charge in [0, 0.05) is 13.1 Å². The molecule has 0 rings (SSSR count). The van der Waals surface area contributed by atoms with E-state index < -0.39 is 5.54 Å². The lowest BCUT2D eigenvalue weighted by molar-refractivity contribution is -0.125. The average Bonchev–Trinajstić information content (AvgIpc) is 2.34. The predicted molar refractivity (Wildman–Crippen MR) is 77.5 cm³/mol. The highest BCUT2D eigenvalue weighted by atomic mass is 16.1. The smallest absolute Gasteiger partial charge is 0.237 e. The number of nitrogens with one attached hydrogen (secondary N) is 1. The molecule has 4 nitrogen and oxygen atoms in total. The van der Waals surface area contributed by atoms with Gasteiger partial charge < -0.3 is 16.0 Å². The van der Waals surface area contributed by atoms with Gasteiger partial charge in [-0.25, -0.2) is 0 Å². The number of rotatable bonds is 11. The van der Waals surface area contributed by atoms with E-state index >= 15 is 0 Å². The van der Waals surface area contributed by atoms with Gasteiger partial charge in [0.2, 0.25) is 5.91 Å². The van der Waals surface area contributed by atoms with Gasteiger partial charge in [-0.15, -0.1) is 0 Å². The van der Waals surface area contributed by atoms with Crippen molar-refractivity contribution in [3.05, 3.63) is 0 Å². The molecule has 0 aromatic heterocycles. The zero-order chi connectivity index (χ0) is 14.0. The molecular weight excluding hydrogens is 226 g/mol. The zero-order valence-electron chi connectivity index (χ0n) is 12.6. The van der Waals surface area contributed by atoms with Gasteiger partial charge in [-0.2, -0.15) is 0 Å². The minimum Gasteiger partial charge on any atom is -0.368 e. The van der Waals surface area contributed by atoms with Gasteiger partial charge in [-0.1, -0.05) is 40.5 Å². The Morgan fingerprint density at radius 2 is 1.61 bits per heavy atom. The Kier molecular flexibility index (Phi) is 9.02. The van der Waals surface area contributed by atoms with Crippen LogP contribution in [0.3, 0.4) is 0 Å². The summed E-state index contributed by atoms with van der Waals surface area (Å²) in [5.74, 6) is -0.203. The molecule has 0 atom stereocenters. The second-order valence-corrected chi connectivity index (χ2v) is 4.90. The molecule has 0 saturated heterocycles. The van der Waals surface area contributed by atoms with E-state index in [1.54, 1.807) is 0 Å². The Balaban J connectivity index is 4.43. The van der Waals surface area contributed by atoms with Crippen LogP contribution < -0.4 is 11.1 Å². The summed E-state index contributed by atoms with van der Waals surface area (Å²) in [6, 6.07) is 0. The summed E-state index contributed by atoms with van der Waals surface area (Å²) in [4.78, 5) is 14.1. The molecule has 1 amide bonds. The molecule has 0 aliphatic rings. The van der Waals surface area contributed by atoms with E-state index in [1.165, 1.54) is 0 Å². The first-order valence-electron chi connectivity index (χ1n) is 7.33. The highest BCUT2D eigenvalue weighted by molar-refractivity contribution is 5.84. The molecule has 3 N–H and O–H groups in total. The van der Waals surface area contributed by atoms with Crippen molar-refractivity contribution in [3.8, 4) is 0 Å². The van der Waals surface area contributed by atoms with Crippen molar-refractivity contribution in [2.45, 2.75) is 58.9 Å². The number of nitrogens with two attached hydrogens (primary N) is 1. The molecule has 0 saturated carbocycles. The number of carbonyl (C=O) groups is 1. The molecule has 0 spiro atoms. The SMILES string of the molecule is CCCC(CCC)(NCCN(CC)CC)C(N)=O. The van der Waals surface area contributed by atoms with E-state index in [2.05, 4.69) is 37.9 Å². The van der Waals surface area contributed by atoms with E-state index in [0.717, 1.165) is 51.9 Å². The first-order chi connectivity index (χ1) is 8.56. The predicted octanol–water partition coefficient (Wildman–Crippen LogP) is 1.74. The maximum atomic E-state index is 11.8. The van der Waals surface area contributed by atoms with Crippen molar-refractivity contribution in [2.75, 3.05) is 26.2 Å². The molecule has 0 aliphatic carbocycles. The van der Waals surface area contributed by atoms with E-state index in [-0.39, 0.29) is 5.91 Å². The number of amides is 1. The topological polar surface area (TPSA) is 58.4 Å². The molecule has 4 heteroatoms. The van der Waals surface area contributed by atoms with Crippen LogP contribution in [0.15, 0.2) is 0 Å². The van der Waals surface area contributed by atoms with Gasteiger partial charge in [0.05, 0.1) is 5.54 Å². The lowest BCUT2D eigenvalue weighted by atomic mass is 9.88. The summed E-state index contributed by atoms with van der Waals surface area (Å²) in [5, 5.41) is 3.42. The fourth-order valence-electron chi connectivity index (χ4n) is 2.48. The number of hydrogen-bond acceptors (Lipinski definition) is 3. The molecule has 0 radical (unpaired) electrons. The Hall–Kier alpha value is -0.610. The van der Waals surface area contributed by atoms with Crippen LogP contribution in [-0.2, 0) is 4.79 Å². The zero-order valence-corrected chi connectivity index (χ0v) is 12.6. The molecule has 0 heterocycles. The summed E-state index contributed by atoms with van der Waals surface area (Å²) >= 11 is 0. The lowest BCUT2D eigenvalue weighted by Crippen LogP contribution is -2.56. The highest BCUT2D eigenvalue weighted by Gasteiger charge is 2.33. The van der Waals surface area contributed by atoms with Crippen LogP contribution in [-0.4, -0.2) is 42.5 Å².